The SMILES string of the molecule is CC(C)C(=O)N1CCC[C@]12CN([C@H](C(=O)NCc1ncccn1)[C@@H](C)O)C2=O. The van der Waals surface area contributed by atoms with E-state index in [-0.39, 0.29) is 30.8 Å². The molecule has 3 amide bonds. The van der Waals surface area contributed by atoms with E-state index in [0.29, 0.717) is 18.8 Å². The van der Waals surface area contributed by atoms with Crippen LogP contribution < -0.4 is 5.32 Å². The topological polar surface area (TPSA) is 116 Å². The van der Waals surface area contributed by atoms with E-state index in [1.54, 1.807) is 23.4 Å². The van der Waals surface area contributed by atoms with Gasteiger partial charge < -0.3 is 20.2 Å². The highest BCUT2D eigenvalue weighted by Crippen LogP contribution is 2.41. The number of nitrogens with one attached hydrogen (secondary N) is 1. The number of hydrogen-bond donors (Lipinski definition) is 2. The van der Waals surface area contributed by atoms with Crippen LogP contribution in [-0.2, 0) is 20.9 Å². The number of carbonyl (C=O) groups excluding carboxylic acids is 3. The largest absolute Gasteiger partial charge is 0.391 e. The van der Waals surface area contributed by atoms with Crippen LogP contribution in [-0.4, -0.2) is 73.4 Å². The summed E-state index contributed by atoms with van der Waals surface area (Å²) in [5.74, 6) is -0.541. The Labute approximate surface area is 164 Å². The van der Waals surface area contributed by atoms with Gasteiger partial charge >= 0.3 is 0 Å². The minimum absolute atomic E-state index is 0.0511. The summed E-state index contributed by atoms with van der Waals surface area (Å²) >= 11 is 0. The number of hydrogen-bond acceptors (Lipinski definition) is 6. The van der Waals surface area contributed by atoms with Gasteiger partial charge in [-0.1, -0.05) is 13.8 Å². The van der Waals surface area contributed by atoms with E-state index in [1.807, 2.05) is 13.8 Å². The molecule has 3 heterocycles. The van der Waals surface area contributed by atoms with Gasteiger partial charge in [-0.3, -0.25) is 14.4 Å². The zero-order valence-electron chi connectivity index (χ0n) is 16.5. The van der Waals surface area contributed by atoms with Crippen molar-refractivity contribution in [3.05, 3.63) is 24.3 Å². The van der Waals surface area contributed by atoms with Crippen LogP contribution >= 0.6 is 0 Å². The van der Waals surface area contributed by atoms with Crippen molar-refractivity contribution < 1.29 is 19.5 Å². The first kappa shape index (κ1) is 20.2. The van der Waals surface area contributed by atoms with Crippen LogP contribution in [0.3, 0.4) is 0 Å². The van der Waals surface area contributed by atoms with Crippen LogP contribution in [0, 0.1) is 5.92 Å². The Morgan fingerprint density at radius 2 is 1.96 bits per heavy atom. The first-order chi connectivity index (χ1) is 13.3. The Morgan fingerprint density at radius 3 is 2.54 bits per heavy atom. The Balaban J connectivity index is 1.70. The van der Waals surface area contributed by atoms with Crippen molar-refractivity contribution in [2.24, 2.45) is 5.92 Å². The fraction of sp³-hybridized carbons (Fsp3) is 0.632. The van der Waals surface area contributed by atoms with Gasteiger partial charge in [0.1, 0.15) is 17.4 Å². The van der Waals surface area contributed by atoms with Crippen molar-refractivity contribution in [3.8, 4) is 0 Å². The third-order valence-corrected chi connectivity index (χ3v) is 5.44. The van der Waals surface area contributed by atoms with E-state index in [4.69, 9.17) is 0 Å². The third kappa shape index (κ3) is 3.46. The minimum atomic E-state index is -1.05. The molecule has 0 aliphatic carbocycles. The fourth-order valence-electron chi connectivity index (χ4n) is 4.03. The van der Waals surface area contributed by atoms with Gasteiger partial charge in [0.15, 0.2) is 0 Å². The van der Waals surface area contributed by atoms with E-state index >= 15 is 0 Å². The summed E-state index contributed by atoms with van der Waals surface area (Å²) in [5, 5.41) is 12.8. The summed E-state index contributed by atoms with van der Waals surface area (Å²) in [7, 11) is 0. The quantitative estimate of drug-likeness (QED) is 0.646. The maximum atomic E-state index is 13.1. The van der Waals surface area contributed by atoms with Gasteiger partial charge in [-0.25, -0.2) is 9.97 Å². The van der Waals surface area contributed by atoms with Crippen LogP contribution in [0.2, 0.25) is 0 Å². The molecule has 1 aromatic heterocycles. The van der Waals surface area contributed by atoms with E-state index in [9.17, 15) is 19.5 Å². The second-order valence-corrected chi connectivity index (χ2v) is 7.78. The lowest BCUT2D eigenvalue weighted by Crippen LogP contribution is -2.77. The number of β-lactam (4-membered cyclic amide) rings is 1. The number of nitrogens with zero attached hydrogens (tertiary/aromatic N) is 4. The van der Waals surface area contributed by atoms with E-state index in [2.05, 4.69) is 15.3 Å². The number of rotatable bonds is 6. The molecule has 0 aromatic carbocycles. The number of likely N-dealkylation sites (tertiary alicyclic amines) is 2. The summed E-state index contributed by atoms with van der Waals surface area (Å²) in [6, 6.07) is 0.659. The lowest BCUT2D eigenvalue weighted by molar-refractivity contribution is -0.177. The molecule has 2 N–H and O–H groups in total. The zero-order valence-corrected chi connectivity index (χ0v) is 16.5. The van der Waals surface area contributed by atoms with Gasteiger partial charge in [-0.2, -0.15) is 0 Å². The lowest BCUT2D eigenvalue weighted by Gasteiger charge is -2.54. The fourth-order valence-corrected chi connectivity index (χ4v) is 4.03. The van der Waals surface area contributed by atoms with Crippen molar-refractivity contribution in [2.75, 3.05) is 13.1 Å². The maximum absolute atomic E-state index is 13.1. The first-order valence-corrected chi connectivity index (χ1v) is 9.62. The Hall–Kier alpha value is -2.55. The smallest absolute Gasteiger partial charge is 0.251 e. The van der Waals surface area contributed by atoms with Crippen molar-refractivity contribution in [1.29, 1.82) is 0 Å². The summed E-state index contributed by atoms with van der Waals surface area (Å²) in [6.45, 7) is 6.02. The molecular weight excluding hydrogens is 362 g/mol. The standard InChI is InChI=1S/C19H27N5O4/c1-12(2)17(27)24-9-4-6-19(24)11-23(18(19)28)15(13(3)25)16(26)22-10-14-20-7-5-8-21-14/h5,7-8,12-13,15,25H,4,6,9-11H2,1-3H3,(H,22,26)/t13-,15+,19-/m1/s1. The van der Waals surface area contributed by atoms with E-state index in [1.165, 1.54) is 11.8 Å². The second kappa shape index (κ2) is 7.83. The number of aromatic nitrogens is 2. The molecule has 2 fully saturated rings. The van der Waals surface area contributed by atoms with Gasteiger partial charge in [0, 0.05) is 24.9 Å². The van der Waals surface area contributed by atoms with Gasteiger partial charge in [0.05, 0.1) is 19.2 Å². The molecule has 0 saturated carbocycles. The average molecular weight is 389 g/mol. The highest BCUT2D eigenvalue weighted by Gasteiger charge is 2.62. The zero-order chi connectivity index (χ0) is 20.5. The van der Waals surface area contributed by atoms with Crippen LogP contribution in [0.1, 0.15) is 39.4 Å². The monoisotopic (exact) mass is 389 g/mol. The molecular formula is C19H27N5O4. The highest BCUT2D eigenvalue weighted by atomic mass is 16.3. The molecule has 0 radical (unpaired) electrons. The second-order valence-electron chi connectivity index (χ2n) is 7.78. The number of amides is 3. The molecule has 3 atom stereocenters. The molecule has 9 nitrogen and oxygen atoms in total. The minimum Gasteiger partial charge on any atom is -0.391 e. The van der Waals surface area contributed by atoms with E-state index < -0.39 is 23.6 Å². The van der Waals surface area contributed by atoms with Gasteiger partial charge in [0.25, 0.3) is 5.91 Å². The van der Waals surface area contributed by atoms with Gasteiger partial charge in [-0.15, -0.1) is 0 Å². The molecule has 28 heavy (non-hydrogen) atoms. The Morgan fingerprint density at radius 1 is 1.29 bits per heavy atom. The molecule has 1 aromatic rings. The number of aliphatic hydroxyl groups excluding tert-OH is 1. The summed E-state index contributed by atoms with van der Waals surface area (Å²) in [4.78, 5) is 49.4. The summed E-state index contributed by atoms with van der Waals surface area (Å²) in [6.07, 6.45) is 3.45. The van der Waals surface area contributed by atoms with Gasteiger partial charge in [-0.05, 0) is 25.8 Å². The molecule has 9 heteroatoms. The molecule has 152 valence electrons. The van der Waals surface area contributed by atoms with Crippen LogP contribution in [0.25, 0.3) is 0 Å². The molecule has 0 bridgehead atoms. The van der Waals surface area contributed by atoms with Gasteiger partial charge in [0.2, 0.25) is 11.8 Å². The lowest BCUT2D eigenvalue weighted by atomic mass is 9.82. The first-order valence-electron chi connectivity index (χ1n) is 9.62. The van der Waals surface area contributed by atoms with Crippen LogP contribution in [0.5, 0.6) is 0 Å². The molecule has 0 unspecified atom stereocenters. The third-order valence-electron chi connectivity index (χ3n) is 5.44. The molecule has 1 spiro atoms. The van der Waals surface area contributed by atoms with E-state index in [0.717, 1.165) is 6.42 Å². The van der Waals surface area contributed by atoms with Crippen molar-refractivity contribution in [1.82, 2.24) is 25.1 Å². The Kier molecular flexibility index (Phi) is 5.64. The van der Waals surface area contributed by atoms with Crippen molar-refractivity contribution in [3.63, 3.8) is 0 Å². The predicted molar refractivity (Wildman–Crippen MR) is 99.6 cm³/mol. The van der Waals surface area contributed by atoms with Crippen molar-refractivity contribution in [2.45, 2.75) is 57.8 Å². The molecule has 2 aliphatic rings. The summed E-state index contributed by atoms with van der Waals surface area (Å²) < 4.78 is 0. The van der Waals surface area contributed by atoms with Crippen molar-refractivity contribution >= 4 is 17.7 Å². The highest BCUT2D eigenvalue weighted by molar-refractivity contribution is 6.00. The Bertz CT molecular complexity index is 754. The number of carbonyl (C=O) groups is 3. The molecule has 3 rings (SSSR count). The normalized spacial score (nSPS) is 23.7. The molecule has 2 aliphatic heterocycles. The summed E-state index contributed by atoms with van der Waals surface area (Å²) in [5.41, 5.74) is -0.864. The maximum Gasteiger partial charge on any atom is 0.251 e. The molecule has 2 saturated heterocycles. The van der Waals surface area contributed by atoms with Crippen LogP contribution in [0.15, 0.2) is 18.5 Å². The average Bonchev–Trinajstić information content (AvgIpc) is 3.12. The number of aliphatic hydroxyl groups is 1. The predicted octanol–water partition coefficient (Wildman–Crippen LogP) is -0.298. The van der Waals surface area contributed by atoms with Crippen LogP contribution in [0.4, 0.5) is 0 Å².